The van der Waals surface area contributed by atoms with Crippen molar-refractivity contribution in [2.45, 2.75) is 12.5 Å². The maximum Gasteiger partial charge on any atom is 0.276 e. The van der Waals surface area contributed by atoms with Crippen LogP contribution < -0.4 is 10.5 Å². The van der Waals surface area contributed by atoms with E-state index in [2.05, 4.69) is 30.1 Å². The van der Waals surface area contributed by atoms with Crippen LogP contribution in [0.25, 0.3) is 10.9 Å². The third-order valence-electron chi connectivity index (χ3n) is 5.92. The second kappa shape index (κ2) is 6.41. The molecule has 0 N–H and O–H groups in total. The number of halogens is 1. The van der Waals surface area contributed by atoms with Gasteiger partial charge in [0, 0.05) is 37.5 Å². The lowest BCUT2D eigenvalue weighted by atomic mass is 10.2. The normalized spacial score (nSPS) is 22.4. The Morgan fingerprint density at radius 2 is 2.03 bits per heavy atom. The molecule has 9 nitrogen and oxygen atoms in total. The molecule has 1 unspecified atom stereocenters. The van der Waals surface area contributed by atoms with Crippen molar-refractivity contribution in [2.24, 2.45) is 11.8 Å². The maximum atomic E-state index is 13.4. The van der Waals surface area contributed by atoms with Gasteiger partial charge in [-0.2, -0.15) is 10.1 Å². The van der Waals surface area contributed by atoms with E-state index in [1.807, 2.05) is 0 Å². The van der Waals surface area contributed by atoms with Crippen LogP contribution in [0.4, 0.5) is 10.2 Å². The van der Waals surface area contributed by atoms with Gasteiger partial charge in [-0.05, 0) is 30.0 Å². The van der Waals surface area contributed by atoms with Gasteiger partial charge in [0.05, 0.1) is 17.1 Å². The van der Waals surface area contributed by atoms with Crippen LogP contribution in [0, 0.1) is 17.7 Å². The second-order valence-electron chi connectivity index (χ2n) is 7.68. The van der Waals surface area contributed by atoms with Crippen LogP contribution in [0.2, 0.25) is 0 Å². The molecule has 6 rings (SSSR count). The van der Waals surface area contributed by atoms with Gasteiger partial charge in [0.2, 0.25) is 5.89 Å². The summed E-state index contributed by atoms with van der Waals surface area (Å²) in [5.41, 5.74) is 0.301. The highest BCUT2D eigenvalue weighted by Gasteiger charge is 2.58. The van der Waals surface area contributed by atoms with Gasteiger partial charge in [-0.1, -0.05) is 5.16 Å². The summed E-state index contributed by atoms with van der Waals surface area (Å²) in [5, 5.41) is 8.77. The third kappa shape index (κ3) is 2.75. The van der Waals surface area contributed by atoms with E-state index in [0.29, 0.717) is 40.3 Å². The van der Waals surface area contributed by atoms with Crippen LogP contribution in [-0.4, -0.2) is 43.0 Å². The Kier molecular flexibility index (Phi) is 3.67. The zero-order valence-electron chi connectivity index (χ0n) is 15.7. The molecule has 1 saturated heterocycles. The molecule has 2 aliphatic rings. The summed E-state index contributed by atoms with van der Waals surface area (Å²) in [6.07, 6.45) is 4.65. The predicted molar refractivity (Wildman–Crippen MR) is 103 cm³/mol. The molecule has 150 valence electrons. The van der Waals surface area contributed by atoms with Crippen LogP contribution in [0.1, 0.15) is 17.6 Å². The summed E-state index contributed by atoms with van der Waals surface area (Å²) < 4.78 is 20.1. The van der Waals surface area contributed by atoms with Crippen molar-refractivity contribution in [1.82, 2.24) is 29.9 Å². The van der Waals surface area contributed by atoms with E-state index in [0.717, 1.165) is 13.1 Å². The van der Waals surface area contributed by atoms with Crippen LogP contribution in [0.5, 0.6) is 0 Å². The smallest absolute Gasteiger partial charge is 0.276 e. The van der Waals surface area contributed by atoms with Crippen LogP contribution in [-0.2, 0) is 6.54 Å². The molecule has 0 spiro atoms. The number of aromatic nitrogens is 6. The Morgan fingerprint density at radius 3 is 2.87 bits per heavy atom. The van der Waals surface area contributed by atoms with Crippen molar-refractivity contribution < 1.29 is 8.91 Å². The zero-order chi connectivity index (χ0) is 20.2. The first-order valence-electron chi connectivity index (χ1n) is 9.67. The Labute approximate surface area is 169 Å². The topological polar surface area (TPSA) is 103 Å². The number of pyridine rings is 2. The van der Waals surface area contributed by atoms with E-state index < -0.39 is 0 Å². The SMILES string of the molecule is O=c1c2cccnc2cnn1Cc1nc(C2[C@H]3CN(c4cc(F)ccn4)C[C@@H]23)no1. The van der Waals surface area contributed by atoms with E-state index in [-0.39, 0.29) is 23.8 Å². The Balaban J connectivity index is 1.16. The fourth-order valence-corrected chi connectivity index (χ4v) is 4.39. The van der Waals surface area contributed by atoms with Crippen molar-refractivity contribution in [3.05, 3.63) is 70.7 Å². The van der Waals surface area contributed by atoms with E-state index >= 15 is 0 Å². The summed E-state index contributed by atoms with van der Waals surface area (Å²) in [6, 6.07) is 6.23. The first kappa shape index (κ1) is 17.2. The summed E-state index contributed by atoms with van der Waals surface area (Å²) >= 11 is 0. The number of rotatable bonds is 4. The molecular formula is C20H16FN7O2. The first-order valence-corrected chi connectivity index (χ1v) is 9.67. The van der Waals surface area contributed by atoms with Crippen molar-refractivity contribution in [3.8, 4) is 0 Å². The molecule has 3 atom stereocenters. The summed E-state index contributed by atoms with van der Waals surface area (Å²) in [4.78, 5) is 27.5. The molecule has 5 heterocycles. The van der Waals surface area contributed by atoms with Crippen LogP contribution >= 0.6 is 0 Å². The first-order chi connectivity index (χ1) is 14.7. The highest BCUT2D eigenvalue weighted by molar-refractivity contribution is 5.75. The van der Waals surface area contributed by atoms with Crippen LogP contribution in [0.15, 0.2) is 52.2 Å². The largest absolute Gasteiger partial charge is 0.356 e. The molecule has 0 radical (unpaired) electrons. The lowest BCUT2D eigenvalue weighted by Gasteiger charge is -2.20. The highest BCUT2D eigenvalue weighted by Crippen LogP contribution is 2.57. The molecule has 1 aliphatic carbocycles. The second-order valence-corrected chi connectivity index (χ2v) is 7.68. The van der Waals surface area contributed by atoms with E-state index in [1.54, 1.807) is 24.5 Å². The number of anilines is 1. The van der Waals surface area contributed by atoms with Crippen molar-refractivity contribution in [3.63, 3.8) is 0 Å². The fourth-order valence-electron chi connectivity index (χ4n) is 4.39. The van der Waals surface area contributed by atoms with E-state index in [9.17, 15) is 9.18 Å². The van der Waals surface area contributed by atoms with Crippen molar-refractivity contribution >= 4 is 16.7 Å². The highest BCUT2D eigenvalue weighted by atomic mass is 19.1. The average Bonchev–Trinajstić information content (AvgIpc) is 3.10. The number of hydrogen-bond acceptors (Lipinski definition) is 8. The number of piperidine rings is 1. The van der Waals surface area contributed by atoms with Gasteiger partial charge in [0.15, 0.2) is 5.82 Å². The Bertz CT molecular complexity index is 1310. The third-order valence-corrected chi connectivity index (χ3v) is 5.92. The minimum absolute atomic E-state index is 0.109. The number of fused-ring (bicyclic) bond motifs is 2. The minimum Gasteiger partial charge on any atom is -0.356 e. The van der Waals surface area contributed by atoms with Crippen molar-refractivity contribution in [1.29, 1.82) is 0 Å². The van der Waals surface area contributed by atoms with Crippen LogP contribution in [0.3, 0.4) is 0 Å². The molecule has 2 fully saturated rings. The molecular weight excluding hydrogens is 389 g/mol. The molecule has 30 heavy (non-hydrogen) atoms. The molecule has 0 bridgehead atoms. The fraction of sp³-hybridized carbons (Fsp3) is 0.300. The van der Waals surface area contributed by atoms with Crippen molar-refractivity contribution in [2.75, 3.05) is 18.0 Å². The Morgan fingerprint density at radius 1 is 1.17 bits per heavy atom. The number of hydrogen-bond donors (Lipinski definition) is 0. The molecule has 4 aromatic heterocycles. The monoisotopic (exact) mass is 405 g/mol. The van der Waals surface area contributed by atoms with Gasteiger partial charge in [-0.25, -0.2) is 14.1 Å². The molecule has 0 amide bonds. The molecule has 1 aliphatic heterocycles. The molecule has 1 saturated carbocycles. The Hall–Kier alpha value is -3.69. The summed E-state index contributed by atoms with van der Waals surface area (Å²) in [5.74, 6) is 2.39. The summed E-state index contributed by atoms with van der Waals surface area (Å²) in [7, 11) is 0. The standard InChI is InChI=1S/C20H16FN7O2/c21-11-3-5-23-16(6-11)27-8-13-14(9-27)18(13)19-25-17(30-26-19)10-28-20(29)12-2-1-4-22-15(12)7-24-28/h1-7,13-14,18H,8-10H2/t13-,14+,18?. The maximum absolute atomic E-state index is 13.4. The predicted octanol–water partition coefficient (Wildman–Crippen LogP) is 1.61. The zero-order valence-corrected chi connectivity index (χ0v) is 15.7. The minimum atomic E-state index is -0.284. The molecule has 0 aromatic carbocycles. The van der Waals surface area contributed by atoms with E-state index in [1.165, 1.54) is 23.0 Å². The molecule has 4 aromatic rings. The average molecular weight is 405 g/mol. The lowest BCUT2D eigenvalue weighted by molar-refractivity contribution is 0.358. The number of nitrogens with zero attached hydrogens (tertiary/aromatic N) is 7. The lowest BCUT2D eigenvalue weighted by Crippen LogP contribution is -2.25. The van der Waals surface area contributed by atoms with Gasteiger partial charge in [0.1, 0.15) is 18.2 Å². The van der Waals surface area contributed by atoms with Gasteiger partial charge in [0.25, 0.3) is 5.56 Å². The quantitative estimate of drug-likeness (QED) is 0.505. The van der Waals surface area contributed by atoms with Gasteiger partial charge < -0.3 is 9.42 Å². The summed E-state index contributed by atoms with van der Waals surface area (Å²) in [6.45, 7) is 1.68. The van der Waals surface area contributed by atoms with E-state index in [4.69, 9.17) is 4.52 Å². The van der Waals surface area contributed by atoms with Gasteiger partial charge in [-0.15, -0.1) is 0 Å². The van der Waals surface area contributed by atoms with Gasteiger partial charge in [-0.3, -0.25) is 9.78 Å². The molecule has 10 heteroatoms. The van der Waals surface area contributed by atoms with Gasteiger partial charge >= 0.3 is 0 Å².